The molecule has 0 saturated heterocycles. The molecule has 2 aromatic rings. The van der Waals surface area contributed by atoms with Crippen molar-refractivity contribution in [1.29, 1.82) is 0 Å². The average Bonchev–Trinajstić information content (AvgIpc) is 2.76. The Labute approximate surface area is 103 Å². The lowest BCUT2D eigenvalue weighted by molar-refractivity contribution is 0.0944. The number of hydrogen-bond donors (Lipinski definition) is 3. The molecule has 0 bridgehead atoms. The van der Waals surface area contributed by atoms with Crippen molar-refractivity contribution < 1.29 is 14.4 Å². The zero-order valence-corrected chi connectivity index (χ0v) is 9.80. The van der Waals surface area contributed by atoms with Gasteiger partial charge in [-0.05, 0) is 19.1 Å². The van der Waals surface area contributed by atoms with E-state index in [9.17, 15) is 9.90 Å². The Balaban J connectivity index is 2.06. The molecule has 2 rings (SSSR count). The molecule has 1 aromatic heterocycles. The largest absolute Gasteiger partial charge is 0.505 e. The summed E-state index contributed by atoms with van der Waals surface area (Å²) in [6.07, 6.45) is 0. The first-order valence-electron chi connectivity index (χ1n) is 5.36. The van der Waals surface area contributed by atoms with Crippen LogP contribution < -0.4 is 11.1 Å². The fraction of sp³-hybridized carbons (Fsp3) is 0.167. The van der Waals surface area contributed by atoms with E-state index in [1.807, 2.05) is 0 Å². The Morgan fingerprint density at radius 1 is 1.56 bits per heavy atom. The van der Waals surface area contributed by atoms with Crippen molar-refractivity contribution >= 4 is 11.6 Å². The van der Waals surface area contributed by atoms with Gasteiger partial charge in [-0.2, -0.15) is 0 Å². The van der Waals surface area contributed by atoms with Crippen molar-refractivity contribution in [1.82, 2.24) is 10.5 Å². The van der Waals surface area contributed by atoms with E-state index in [4.69, 9.17) is 10.3 Å². The fourth-order valence-corrected chi connectivity index (χ4v) is 1.51. The number of aryl methyl sites for hydroxylation is 1. The first-order chi connectivity index (χ1) is 8.58. The highest BCUT2D eigenvalue weighted by molar-refractivity contribution is 5.98. The topological polar surface area (TPSA) is 101 Å². The van der Waals surface area contributed by atoms with E-state index in [2.05, 4.69) is 10.5 Å². The molecule has 1 aromatic carbocycles. The van der Waals surface area contributed by atoms with Gasteiger partial charge in [0.25, 0.3) is 5.91 Å². The van der Waals surface area contributed by atoms with Gasteiger partial charge in [-0.15, -0.1) is 0 Å². The van der Waals surface area contributed by atoms with E-state index >= 15 is 0 Å². The number of aromatic hydroxyl groups is 1. The molecule has 18 heavy (non-hydrogen) atoms. The van der Waals surface area contributed by atoms with E-state index < -0.39 is 5.91 Å². The molecule has 4 N–H and O–H groups in total. The summed E-state index contributed by atoms with van der Waals surface area (Å²) in [5.41, 5.74) is 6.55. The minimum Gasteiger partial charge on any atom is -0.505 e. The van der Waals surface area contributed by atoms with Crippen molar-refractivity contribution in [2.24, 2.45) is 0 Å². The molecule has 0 fully saturated rings. The van der Waals surface area contributed by atoms with Gasteiger partial charge in [0, 0.05) is 6.07 Å². The van der Waals surface area contributed by atoms with Crippen molar-refractivity contribution in [2.45, 2.75) is 13.5 Å². The van der Waals surface area contributed by atoms with Crippen LogP contribution in [-0.4, -0.2) is 16.2 Å². The number of phenolic OH excluding ortho intramolecular Hbond substituents is 1. The molecule has 0 aliphatic rings. The quantitative estimate of drug-likeness (QED) is 0.558. The number of phenols is 1. The van der Waals surface area contributed by atoms with E-state index in [1.54, 1.807) is 19.1 Å². The third-order valence-corrected chi connectivity index (χ3v) is 2.41. The standard InChI is InChI=1S/C12H13N3O3/c1-7-5-8(18-15-7)6-14-12(17)9-3-2-4-10(13)11(9)16/h2-5,16H,6,13H2,1H3,(H,14,17). The molecular weight excluding hydrogens is 234 g/mol. The number of benzene rings is 1. The highest BCUT2D eigenvalue weighted by Crippen LogP contribution is 2.24. The van der Waals surface area contributed by atoms with Crippen LogP contribution >= 0.6 is 0 Å². The number of para-hydroxylation sites is 1. The molecule has 6 heteroatoms. The van der Waals surface area contributed by atoms with Crippen LogP contribution in [0.1, 0.15) is 21.8 Å². The average molecular weight is 247 g/mol. The number of aromatic nitrogens is 1. The van der Waals surface area contributed by atoms with Gasteiger partial charge in [0.1, 0.15) is 0 Å². The number of nitrogens with one attached hydrogen (secondary N) is 1. The number of carbonyl (C=O) groups excluding carboxylic acids is 1. The lowest BCUT2D eigenvalue weighted by Crippen LogP contribution is -2.22. The number of carbonyl (C=O) groups is 1. The molecule has 0 atom stereocenters. The minimum atomic E-state index is -0.422. The van der Waals surface area contributed by atoms with E-state index in [0.29, 0.717) is 5.76 Å². The molecule has 0 aliphatic carbocycles. The second-order valence-corrected chi connectivity index (χ2v) is 3.86. The van der Waals surface area contributed by atoms with Gasteiger partial charge in [0.05, 0.1) is 23.5 Å². The maximum atomic E-state index is 11.8. The van der Waals surface area contributed by atoms with Crippen LogP contribution in [0, 0.1) is 6.92 Å². The Hall–Kier alpha value is -2.50. The molecular formula is C12H13N3O3. The van der Waals surface area contributed by atoms with Gasteiger partial charge in [-0.3, -0.25) is 4.79 Å². The summed E-state index contributed by atoms with van der Waals surface area (Å²) in [5, 5.41) is 16.0. The van der Waals surface area contributed by atoms with Gasteiger partial charge in [0.2, 0.25) is 0 Å². The second kappa shape index (κ2) is 4.79. The van der Waals surface area contributed by atoms with Gasteiger partial charge in [-0.1, -0.05) is 11.2 Å². The summed E-state index contributed by atoms with van der Waals surface area (Å²) in [6.45, 7) is 1.99. The van der Waals surface area contributed by atoms with Gasteiger partial charge in [0.15, 0.2) is 11.5 Å². The van der Waals surface area contributed by atoms with Crippen molar-refractivity contribution in [3.8, 4) is 5.75 Å². The number of anilines is 1. The number of rotatable bonds is 3. The number of nitrogens with zero attached hydrogens (tertiary/aromatic N) is 1. The normalized spacial score (nSPS) is 10.3. The van der Waals surface area contributed by atoms with Gasteiger partial charge in [-0.25, -0.2) is 0 Å². The predicted octanol–water partition coefficient (Wildman–Crippen LogP) is 1.20. The van der Waals surface area contributed by atoms with E-state index in [1.165, 1.54) is 12.1 Å². The van der Waals surface area contributed by atoms with Crippen molar-refractivity contribution in [3.05, 3.63) is 41.3 Å². The first kappa shape index (κ1) is 12.0. The van der Waals surface area contributed by atoms with Crippen LogP contribution in [0.3, 0.4) is 0 Å². The molecule has 6 nitrogen and oxygen atoms in total. The number of amides is 1. The lowest BCUT2D eigenvalue weighted by atomic mass is 10.1. The molecule has 94 valence electrons. The highest BCUT2D eigenvalue weighted by atomic mass is 16.5. The lowest BCUT2D eigenvalue weighted by Gasteiger charge is -2.06. The van der Waals surface area contributed by atoms with Crippen LogP contribution in [0.4, 0.5) is 5.69 Å². The number of hydrogen-bond acceptors (Lipinski definition) is 5. The number of nitrogens with two attached hydrogens (primary N) is 1. The summed E-state index contributed by atoms with van der Waals surface area (Å²) in [4.78, 5) is 11.8. The minimum absolute atomic E-state index is 0.131. The summed E-state index contributed by atoms with van der Waals surface area (Å²) in [6, 6.07) is 6.33. The van der Waals surface area contributed by atoms with E-state index in [0.717, 1.165) is 5.69 Å². The van der Waals surface area contributed by atoms with Crippen LogP contribution in [0.25, 0.3) is 0 Å². The molecule has 0 aliphatic heterocycles. The molecule has 0 spiro atoms. The van der Waals surface area contributed by atoms with Gasteiger partial charge < -0.3 is 20.7 Å². The second-order valence-electron chi connectivity index (χ2n) is 3.86. The van der Waals surface area contributed by atoms with Crippen molar-refractivity contribution in [2.75, 3.05) is 5.73 Å². The van der Waals surface area contributed by atoms with Crippen LogP contribution in [0.5, 0.6) is 5.75 Å². The Kier molecular flexibility index (Phi) is 3.18. The first-order valence-corrected chi connectivity index (χ1v) is 5.36. The Morgan fingerprint density at radius 3 is 3.00 bits per heavy atom. The maximum Gasteiger partial charge on any atom is 0.255 e. The monoisotopic (exact) mass is 247 g/mol. The van der Waals surface area contributed by atoms with Crippen LogP contribution in [0.2, 0.25) is 0 Å². The predicted molar refractivity (Wildman–Crippen MR) is 64.9 cm³/mol. The summed E-state index contributed by atoms with van der Waals surface area (Å²) in [7, 11) is 0. The molecule has 0 radical (unpaired) electrons. The third kappa shape index (κ3) is 2.42. The molecule has 0 unspecified atom stereocenters. The van der Waals surface area contributed by atoms with E-state index in [-0.39, 0.29) is 23.5 Å². The number of nitrogen functional groups attached to an aromatic ring is 1. The smallest absolute Gasteiger partial charge is 0.255 e. The Morgan fingerprint density at radius 2 is 2.33 bits per heavy atom. The van der Waals surface area contributed by atoms with Crippen molar-refractivity contribution in [3.63, 3.8) is 0 Å². The molecule has 1 heterocycles. The molecule has 0 saturated carbocycles. The SMILES string of the molecule is Cc1cc(CNC(=O)c2cccc(N)c2O)on1. The third-order valence-electron chi connectivity index (χ3n) is 2.41. The summed E-state index contributed by atoms with van der Waals surface area (Å²) >= 11 is 0. The zero-order chi connectivity index (χ0) is 13.1. The highest BCUT2D eigenvalue weighted by Gasteiger charge is 2.13. The maximum absolute atomic E-state index is 11.8. The van der Waals surface area contributed by atoms with Gasteiger partial charge >= 0.3 is 0 Å². The summed E-state index contributed by atoms with van der Waals surface area (Å²) in [5.74, 6) is -0.0955. The fourth-order valence-electron chi connectivity index (χ4n) is 1.51. The van der Waals surface area contributed by atoms with Crippen LogP contribution in [0.15, 0.2) is 28.8 Å². The zero-order valence-electron chi connectivity index (χ0n) is 9.80. The van der Waals surface area contributed by atoms with Crippen LogP contribution in [-0.2, 0) is 6.54 Å². The Bertz CT molecular complexity index is 578. The molecule has 1 amide bonds. The summed E-state index contributed by atoms with van der Waals surface area (Å²) < 4.78 is 4.95.